The van der Waals surface area contributed by atoms with Gasteiger partial charge in [-0.05, 0) is 6.07 Å². The maximum atomic E-state index is 13.4. The Morgan fingerprint density at radius 2 is 1.87 bits per heavy atom. The number of hydroxylamine groups is 1. The molecule has 84 valence electrons. The number of hydrogen-bond donors (Lipinski definition) is 1. The molecule has 6 heteroatoms. The molecule has 1 N–H and O–H groups in total. The Bertz CT molecular complexity index is 358. The summed E-state index contributed by atoms with van der Waals surface area (Å²) >= 11 is 0. The van der Waals surface area contributed by atoms with Crippen LogP contribution in [0.15, 0.2) is 6.07 Å². The second-order valence-corrected chi connectivity index (χ2v) is 2.70. The summed E-state index contributed by atoms with van der Waals surface area (Å²) in [6, 6.07) is 0.749. The minimum Gasteiger partial charge on any atom is -0.491 e. The topological polar surface area (TPSA) is 30.5 Å². The van der Waals surface area contributed by atoms with Gasteiger partial charge in [-0.2, -0.15) is 9.87 Å². The smallest absolute Gasteiger partial charge is 0.203 e. The van der Waals surface area contributed by atoms with Gasteiger partial charge in [0, 0.05) is 12.1 Å². The van der Waals surface area contributed by atoms with Crippen LogP contribution in [0.25, 0.3) is 0 Å². The zero-order chi connectivity index (χ0) is 11.4. The summed E-state index contributed by atoms with van der Waals surface area (Å²) in [6.07, 6.45) is 0. The molecule has 1 aromatic rings. The molecule has 0 aliphatic rings. The van der Waals surface area contributed by atoms with Crippen LogP contribution >= 0.6 is 0 Å². The normalized spacial score (nSPS) is 10.5. The van der Waals surface area contributed by atoms with Crippen LogP contribution in [0.3, 0.4) is 0 Å². The van der Waals surface area contributed by atoms with Crippen molar-refractivity contribution in [3.05, 3.63) is 29.1 Å². The van der Waals surface area contributed by atoms with E-state index in [9.17, 15) is 13.2 Å². The van der Waals surface area contributed by atoms with Gasteiger partial charge in [-0.15, -0.1) is 0 Å². The summed E-state index contributed by atoms with van der Waals surface area (Å²) in [4.78, 5) is 4.47. The Balaban J connectivity index is 3.12. The highest BCUT2D eigenvalue weighted by atomic mass is 19.2. The van der Waals surface area contributed by atoms with E-state index in [0.29, 0.717) is 0 Å². The largest absolute Gasteiger partial charge is 0.491 e. The molecule has 1 aromatic carbocycles. The molecule has 0 atom stereocenters. The van der Waals surface area contributed by atoms with Crippen LogP contribution in [0.5, 0.6) is 5.75 Å². The van der Waals surface area contributed by atoms with Crippen LogP contribution in [0.4, 0.5) is 13.2 Å². The third-order valence-corrected chi connectivity index (χ3v) is 1.80. The van der Waals surface area contributed by atoms with Crippen LogP contribution in [0, 0.1) is 17.5 Å². The summed E-state index contributed by atoms with van der Waals surface area (Å²) in [5.41, 5.74) is 2.24. The Kier molecular flexibility index (Phi) is 3.93. The lowest BCUT2D eigenvalue weighted by Crippen LogP contribution is -2.13. The summed E-state index contributed by atoms with van der Waals surface area (Å²) in [6.45, 7) is -0.0874. The Hall–Kier alpha value is -1.27. The monoisotopic (exact) mass is 221 g/mol. The molecule has 0 amide bonds. The predicted octanol–water partition coefficient (Wildman–Crippen LogP) is 1.76. The van der Waals surface area contributed by atoms with Crippen LogP contribution in [0.1, 0.15) is 5.56 Å². The summed E-state index contributed by atoms with van der Waals surface area (Å²) in [7, 11) is 2.39. The molecule has 0 spiro atoms. The van der Waals surface area contributed by atoms with Crippen LogP contribution in [-0.4, -0.2) is 14.2 Å². The van der Waals surface area contributed by atoms with Gasteiger partial charge in [0.25, 0.3) is 0 Å². The number of halogens is 3. The lowest BCUT2D eigenvalue weighted by molar-refractivity contribution is 0.0856. The summed E-state index contributed by atoms with van der Waals surface area (Å²) in [5, 5.41) is 0. The van der Waals surface area contributed by atoms with E-state index in [1.807, 2.05) is 0 Å². The number of nitrogens with one attached hydrogen (secondary N) is 1. The van der Waals surface area contributed by atoms with Crippen LogP contribution < -0.4 is 10.2 Å². The van der Waals surface area contributed by atoms with Crippen molar-refractivity contribution in [2.75, 3.05) is 14.2 Å². The fraction of sp³-hybridized carbons (Fsp3) is 0.333. The van der Waals surface area contributed by atoms with E-state index in [2.05, 4.69) is 15.1 Å². The lowest BCUT2D eigenvalue weighted by atomic mass is 10.2. The number of ether oxygens (including phenoxy) is 1. The first kappa shape index (κ1) is 11.8. The molecule has 0 unspecified atom stereocenters. The zero-order valence-electron chi connectivity index (χ0n) is 8.23. The van der Waals surface area contributed by atoms with Gasteiger partial charge >= 0.3 is 0 Å². The molecule has 3 nitrogen and oxygen atoms in total. The quantitative estimate of drug-likeness (QED) is 0.620. The van der Waals surface area contributed by atoms with Crippen molar-refractivity contribution in [1.29, 1.82) is 0 Å². The molecule has 0 saturated heterocycles. The highest BCUT2D eigenvalue weighted by Crippen LogP contribution is 2.26. The minimum absolute atomic E-state index is 0.0763. The van der Waals surface area contributed by atoms with Gasteiger partial charge < -0.3 is 9.57 Å². The molecule has 0 radical (unpaired) electrons. The van der Waals surface area contributed by atoms with Crippen molar-refractivity contribution in [1.82, 2.24) is 5.48 Å². The van der Waals surface area contributed by atoms with Gasteiger partial charge in [-0.1, -0.05) is 0 Å². The third kappa shape index (κ3) is 2.40. The van der Waals surface area contributed by atoms with Gasteiger partial charge in [-0.3, -0.25) is 0 Å². The molecule has 1 rings (SSSR count). The second-order valence-electron chi connectivity index (χ2n) is 2.70. The van der Waals surface area contributed by atoms with Gasteiger partial charge in [0.15, 0.2) is 17.4 Å². The fourth-order valence-corrected chi connectivity index (χ4v) is 1.09. The van der Waals surface area contributed by atoms with Gasteiger partial charge in [0.2, 0.25) is 5.82 Å². The van der Waals surface area contributed by atoms with Crippen molar-refractivity contribution in [3.63, 3.8) is 0 Å². The number of methoxy groups -OCH3 is 1. The molecule has 0 aromatic heterocycles. The highest BCUT2D eigenvalue weighted by Gasteiger charge is 2.19. The first-order valence-corrected chi connectivity index (χ1v) is 4.08. The van der Waals surface area contributed by atoms with E-state index in [0.717, 1.165) is 13.2 Å². The molecule has 0 saturated carbocycles. The van der Waals surface area contributed by atoms with E-state index in [-0.39, 0.29) is 12.1 Å². The standard InChI is InChI=1S/C9H10F3NO2/c1-14-9-7(11)5(4-13-15-2)3-6(10)8(9)12/h3,13H,4H2,1-2H3. The average Bonchev–Trinajstić information content (AvgIpc) is 2.22. The van der Waals surface area contributed by atoms with Gasteiger partial charge in [-0.25, -0.2) is 8.78 Å². The Morgan fingerprint density at radius 1 is 1.20 bits per heavy atom. The average molecular weight is 221 g/mol. The van der Waals surface area contributed by atoms with E-state index >= 15 is 0 Å². The van der Waals surface area contributed by atoms with Crippen molar-refractivity contribution in [2.45, 2.75) is 6.54 Å². The van der Waals surface area contributed by atoms with E-state index in [1.165, 1.54) is 7.11 Å². The van der Waals surface area contributed by atoms with Crippen LogP contribution in [0.2, 0.25) is 0 Å². The number of rotatable bonds is 4. The minimum atomic E-state index is -1.34. The van der Waals surface area contributed by atoms with Gasteiger partial charge in [0.1, 0.15) is 0 Å². The SMILES string of the molecule is CONCc1cc(F)c(F)c(OC)c1F. The number of benzene rings is 1. The van der Waals surface area contributed by atoms with Gasteiger partial charge in [0.05, 0.1) is 14.2 Å². The molecule has 15 heavy (non-hydrogen) atoms. The van der Waals surface area contributed by atoms with Crippen LogP contribution in [-0.2, 0) is 11.4 Å². The van der Waals surface area contributed by atoms with E-state index in [1.54, 1.807) is 0 Å². The molecule has 0 fully saturated rings. The molecule has 0 aliphatic heterocycles. The third-order valence-electron chi connectivity index (χ3n) is 1.80. The Morgan fingerprint density at radius 3 is 2.40 bits per heavy atom. The van der Waals surface area contributed by atoms with Crippen molar-refractivity contribution in [3.8, 4) is 5.75 Å². The fourth-order valence-electron chi connectivity index (χ4n) is 1.09. The first-order chi connectivity index (χ1) is 7.11. The summed E-state index contributed by atoms with van der Waals surface area (Å²) in [5.74, 6) is -4.18. The molecule has 0 heterocycles. The first-order valence-electron chi connectivity index (χ1n) is 4.08. The Labute approximate surface area is 84.8 Å². The second kappa shape index (κ2) is 4.99. The van der Waals surface area contributed by atoms with Crippen molar-refractivity contribution < 1.29 is 22.7 Å². The predicted molar refractivity (Wildman–Crippen MR) is 46.7 cm³/mol. The maximum absolute atomic E-state index is 13.4. The molecular weight excluding hydrogens is 211 g/mol. The van der Waals surface area contributed by atoms with Crippen molar-refractivity contribution >= 4 is 0 Å². The number of hydrogen-bond acceptors (Lipinski definition) is 3. The highest BCUT2D eigenvalue weighted by molar-refractivity contribution is 5.33. The lowest BCUT2D eigenvalue weighted by Gasteiger charge is -2.09. The van der Waals surface area contributed by atoms with E-state index in [4.69, 9.17) is 0 Å². The molecular formula is C9H10F3NO2. The zero-order valence-corrected chi connectivity index (χ0v) is 8.23. The summed E-state index contributed by atoms with van der Waals surface area (Å²) < 4.78 is 43.7. The maximum Gasteiger partial charge on any atom is 0.203 e. The molecule has 0 aliphatic carbocycles. The van der Waals surface area contributed by atoms with Crippen molar-refractivity contribution in [2.24, 2.45) is 0 Å². The van der Waals surface area contributed by atoms with E-state index < -0.39 is 23.2 Å². The molecule has 0 bridgehead atoms.